The quantitative estimate of drug-likeness (QED) is 0.642. The summed E-state index contributed by atoms with van der Waals surface area (Å²) in [6, 6.07) is 8.98. The van der Waals surface area contributed by atoms with Gasteiger partial charge in [0.05, 0.1) is 11.2 Å². The maximum absolute atomic E-state index is 11.8. The number of aromatic nitrogens is 1. The first-order valence-electron chi connectivity index (χ1n) is 6.64. The monoisotopic (exact) mass is 287 g/mol. The van der Waals surface area contributed by atoms with Crippen molar-refractivity contribution in [3.05, 3.63) is 36.5 Å². The van der Waals surface area contributed by atoms with E-state index < -0.39 is 11.8 Å². The number of nitrogens with zero attached hydrogens (tertiary/aromatic N) is 1. The van der Waals surface area contributed by atoms with Crippen LogP contribution in [-0.4, -0.2) is 37.1 Å². The van der Waals surface area contributed by atoms with Gasteiger partial charge in [0.25, 0.3) is 0 Å². The minimum Gasteiger partial charge on any atom is -0.385 e. The summed E-state index contributed by atoms with van der Waals surface area (Å²) in [5.74, 6) is -1.35. The first-order chi connectivity index (χ1) is 10.2. The molecule has 2 aromatic rings. The SMILES string of the molecule is COCCCNC(=O)C(=O)Nc1cccc2ncccc12. The Morgan fingerprint density at radius 3 is 2.86 bits per heavy atom. The Morgan fingerprint density at radius 2 is 2.05 bits per heavy atom. The van der Waals surface area contributed by atoms with Crippen molar-refractivity contribution >= 4 is 28.4 Å². The van der Waals surface area contributed by atoms with Crippen molar-refractivity contribution in [3.63, 3.8) is 0 Å². The van der Waals surface area contributed by atoms with Crippen molar-refractivity contribution in [1.82, 2.24) is 10.3 Å². The van der Waals surface area contributed by atoms with E-state index in [4.69, 9.17) is 4.74 Å². The molecule has 0 saturated carbocycles. The summed E-state index contributed by atoms with van der Waals surface area (Å²) in [7, 11) is 1.59. The van der Waals surface area contributed by atoms with Gasteiger partial charge in [-0.15, -0.1) is 0 Å². The van der Waals surface area contributed by atoms with Crippen LogP contribution in [0.15, 0.2) is 36.5 Å². The Hall–Kier alpha value is -2.47. The highest BCUT2D eigenvalue weighted by Crippen LogP contribution is 2.20. The van der Waals surface area contributed by atoms with Gasteiger partial charge >= 0.3 is 11.8 Å². The van der Waals surface area contributed by atoms with Gasteiger partial charge in [0, 0.05) is 31.8 Å². The number of benzene rings is 1. The number of rotatable bonds is 5. The molecule has 2 rings (SSSR count). The molecular weight excluding hydrogens is 270 g/mol. The van der Waals surface area contributed by atoms with Gasteiger partial charge in [0.1, 0.15) is 0 Å². The van der Waals surface area contributed by atoms with Gasteiger partial charge < -0.3 is 15.4 Å². The molecule has 0 radical (unpaired) electrons. The molecule has 0 fully saturated rings. The van der Waals surface area contributed by atoms with Crippen molar-refractivity contribution in [1.29, 1.82) is 0 Å². The summed E-state index contributed by atoms with van der Waals surface area (Å²) in [5, 5.41) is 5.93. The van der Waals surface area contributed by atoms with Gasteiger partial charge in [-0.25, -0.2) is 0 Å². The van der Waals surface area contributed by atoms with Gasteiger partial charge in [-0.05, 0) is 30.7 Å². The summed E-state index contributed by atoms with van der Waals surface area (Å²) < 4.78 is 4.87. The lowest BCUT2D eigenvalue weighted by Crippen LogP contribution is -2.36. The van der Waals surface area contributed by atoms with Crippen LogP contribution in [0, 0.1) is 0 Å². The third-order valence-electron chi connectivity index (χ3n) is 2.91. The van der Waals surface area contributed by atoms with Crippen molar-refractivity contribution in [2.75, 3.05) is 25.6 Å². The summed E-state index contributed by atoms with van der Waals surface area (Å²) in [6.07, 6.45) is 2.34. The van der Waals surface area contributed by atoms with Gasteiger partial charge in [-0.3, -0.25) is 14.6 Å². The number of fused-ring (bicyclic) bond motifs is 1. The topological polar surface area (TPSA) is 80.3 Å². The van der Waals surface area contributed by atoms with Crippen molar-refractivity contribution in [3.8, 4) is 0 Å². The first kappa shape index (κ1) is 14.9. The molecule has 0 aliphatic rings. The van der Waals surface area contributed by atoms with Crippen molar-refractivity contribution < 1.29 is 14.3 Å². The second-order valence-corrected chi connectivity index (χ2v) is 4.43. The van der Waals surface area contributed by atoms with E-state index in [1.807, 2.05) is 12.1 Å². The van der Waals surface area contributed by atoms with E-state index >= 15 is 0 Å². The second-order valence-electron chi connectivity index (χ2n) is 4.43. The van der Waals surface area contributed by atoms with Crippen LogP contribution in [0.3, 0.4) is 0 Å². The van der Waals surface area contributed by atoms with Gasteiger partial charge in [-0.1, -0.05) is 6.07 Å². The van der Waals surface area contributed by atoms with Crippen LogP contribution in [-0.2, 0) is 14.3 Å². The highest BCUT2D eigenvalue weighted by Gasteiger charge is 2.14. The summed E-state index contributed by atoms with van der Waals surface area (Å²) in [4.78, 5) is 27.7. The van der Waals surface area contributed by atoms with E-state index in [1.165, 1.54) is 0 Å². The van der Waals surface area contributed by atoms with Crippen LogP contribution in [0.2, 0.25) is 0 Å². The Bertz CT molecular complexity index is 638. The number of anilines is 1. The number of carbonyl (C=O) groups is 2. The molecule has 2 N–H and O–H groups in total. The molecule has 1 heterocycles. The van der Waals surface area contributed by atoms with Crippen molar-refractivity contribution in [2.45, 2.75) is 6.42 Å². The fourth-order valence-electron chi connectivity index (χ4n) is 1.89. The molecule has 6 nitrogen and oxygen atoms in total. The average molecular weight is 287 g/mol. The Balaban J connectivity index is 1.99. The lowest BCUT2D eigenvalue weighted by molar-refractivity contribution is -0.136. The number of pyridine rings is 1. The number of carbonyl (C=O) groups excluding carboxylic acids is 2. The van der Waals surface area contributed by atoms with E-state index in [-0.39, 0.29) is 0 Å². The van der Waals surface area contributed by atoms with Gasteiger partial charge in [0.15, 0.2) is 0 Å². The molecule has 1 aromatic heterocycles. The number of ether oxygens (including phenoxy) is 1. The molecule has 0 atom stereocenters. The zero-order valence-electron chi connectivity index (χ0n) is 11.8. The standard InChI is InChI=1S/C15H17N3O3/c1-21-10-4-9-17-14(19)15(20)18-13-7-2-6-12-11(13)5-3-8-16-12/h2-3,5-8H,4,9-10H2,1H3,(H,17,19)(H,18,20). The molecule has 2 amide bonds. The number of methoxy groups -OCH3 is 1. The van der Waals surface area contributed by atoms with Crippen LogP contribution in [0.25, 0.3) is 10.9 Å². The third-order valence-corrected chi connectivity index (χ3v) is 2.91. The molecule has 21 heavy (non-hydrogen) atoms. The number of hydrogen-bond acceptors (Lipinski definition) is 4. The minimum atomic E-state index is -0.691. The van der Waals surface area contributed by atoms with Gasteiger partial charge in [-0.2, -0.15) is 0 Å². The molecule has 0 spiro atoms. The molecule has 110 valence electrons. The summed E-state index contributed by atoms with van der Waals surface area (Å²) in [6.45, 7) is 0.939. The lowest BCUT2D eigenvalue weighted by atomic mass is 10.2. The number of nitrogens with one attached hydrogen (secondary N) is 2. The van der Waals surface area contributed by atoms with E-state index in [1.54, 1.807) is 31.5 Å². The molecule has 0 aliphatic heterocycles. The Labute approximate surface area is 122 Å². The molecule has 1 aromatic carbocycles. The number of amides is 2. The second kappa shape index (κ2) is 7.35. The largest absolute Gasteiger partial charge is 0.385 e. The third kappa shape index (κ3) is 4.00. The van der Waals surface area contributed by atoms with Crippen LogP contribution in [0.1, 0.15) is 6.42 Å². The van der Waals surface area contributed by atoms with Crippen LogP contribution >= 0.6 is 0 Å². The van der Waals surface area contributed by atoms with Crippen LogP contribution in [0.5, 0.6) is 0 Å². The minimum absolute atomic E-state index is 0.400. The Morgan fingerprint density at radius 1 is 1.19 bits per heavy atom. The zero-order chi connectivity index (χ0) is 15.1. The molecule has 6 heteroatoms. The molecular formula is C15H17N3O3. The smallest absolute Gasteiger partial charge is 0.313 e. The Kier molecular flexibility index (Phi) is 5.22. The van der Waals surface area contributed by atoms with Crippen LogP contribution < -0.4 is 10.6 Å². The molecule has 0 aliphatic carbocycles. The molecule has 0 unspecified atom stereocenters. The fourth-order valence-corrected chi connectivity index (χ4v) is 1.89. The van der Waals surface area contributed by atoms with Gasteiger partial charge in [0.2, 0.25) is 0 Å². The van der Waals surface area contributed by atoms with E-state index in [0.29, 0.717) is 25.3 Å². The maximum atomic E-state index is 11.8. The lowest BCUT2D eigenvalue weighted by Gasteiger charge is -2.08. The highest BCUT2D eigenvalue weighted by molar-refractivity contribution is 6.40. The first-order valence-corrected chi connectivity index (χ1v) is 6.64. The van der Waals surface area contributed by atoms with E-state index in [0.717, 1.165) is 10.9 Å². The highest BCUT2D eigenvalue weighted by atomic mass is 16.5. The normalized spacial score (nSPS) is 10.3. The summed E-state index contributed by atoms with van der Waals surface area (Å²) in [5.41, 5.74) is 1.33. The molecule has 0 saturated heterocycles. The average Bonchev–Trinajstić information content (AvgIpc) is 2.51. The molecule has 0 bridgehead atoms. The predicted molar refractivity (Wildman–Crippen MR) is 79.9 cm³/mol. The van der Waals surface area contributed by atoms with E-state index in [2.05, 4.69) is 15.6 Å². The maximum Gasteiger partial charge on any atom is 0.313 e. The predicted octanol–water partition coefficient (Wildman–Crippen LogP) is 1.33. The number of hydrogen-bond donors (Lipinski definition) is 2. The fraction of sp³-hybridized carbons (Fsp3) is 0.267. The van der Waals surface area contributed by atoms with Crippen LogP contribution in [0.4, 0.5) is 5.69 Å². The van der Waals surface area contributed by atoms with E-state index in [9.17, 15) is 9.59 Å². The zero-order valence-corrected chi connectivity index (χ0v) is 11.8. The van der Waals surface area contributed by atoms with Crippen molar-refractivity contribution in [2.24, 2.45) is 0 Å². The summed E-state index contributed by atoms with van der Waals surface area (Å²) >= 11 is 0.